The molecule has 2 aromatic carbocycles. The summed E-state index contributed by atoms with van der Waals surface area (Å²) < 4.78 is 21.2. The van der Waals surface area contributed by atoms with Gasteiger partial charge in [0.2, 0.25) is 0 Å². The average Bonchev–Trinajstić information content (AvgIpc) is 3.10. The van der Waals surface area contributed by atoms with E-state index in [-0.39, 0.29) is 11.9 Å². The molecular formula is C21H25FN4OS. The Balaban J connectivity index is 1.74. The van der Waals surface area contributed by atoms with Crippen molar-refractivity contribution in [1.82, 2.24) is 19.7 Å². The number of hydrogen-bond donors (Lipinski definition) is 0. The number of aromatic nitrogens is 3. The molecule has 0 bridgehead atoms. The summed E-state index contributed by atoms with van der Waals surface area (Å²) in [7, 11) is 3.99. The van der Waals surface area contributed by atoms with Crippen LogP contribution in [0.3, 0.4) is 0 Å². The van der Waals surface area contributed by atoms with E-state index in [1.165, 1.54) is 17.7 Å². The quantitative estimate of drug-likeness (QED) is 0.411. The topological polar surface area (TPSA) is 43.2 Å². The van der Waals surface area contributed by atoms with Gasteiger partial charge in [-0.15, -0.1) is 10.2 Å². The maximum Gasteiger partial charge on any atom is 0.196 e. The van der Waals surface area contributed by atoms with Gasteiger partial charge in [0.1, 0.15) is 11.6 Å². The second-order valence-electron chi connectivity index (χ2n) is 6.80. The zero-order valence-electron chi connectivity index (χ0n) is 16.6. The second-order valence-corrected chi connectivity index (χ2v) is 7.86. The molecule has 1 atom stereocenters. The van der Waals surface area contributed by atoms with E-state index in [1.54, 1.807) is 23.9 Å². The maximum atomic E-state index is 13.4. The van der Waals surface area contributed by atoms with Gasteiger partial charge in [0.25, 0.3) is 0 Å². The van der Waals surface area contributed by atoms with Gasteiger partial charge < -0.3 is 4.74 Å². The van der Waals surface area contributed by atoms with Crippen molar-refractivity contribution in [3.8, 4) is 11.4 Å². The fraction of sp³-hybridized carbons (Fsp3) is 0.333. The molecular weight excluding hydrogens is 375 g/mol. The molecule has 28 heavy (non-hydrogen) atoms. The predicted molar refractivity (Wildman–Crippen MR) is 111 cm³/mol. The zero-order chi connectivity index (χ0) is 20.1. The van der Waals surface area contributed by atoms with Crippen LogP contribution in [0.15, 0.2) is 53.7 Å². The number of ether oxygens (including phenoxy) is 1. The van der Waals surface area contributed by atoms with E-state index in [4.69, 9.17) is 4.74 Å². The SMILES string of the molecule is Cc1ccc(OCCSc2nnc([C@H](C)N(C)C)n2-c2ccc(F)cc2)cc1. The molecule has 0 unspecified atom stereocenters. The summed E-state index contributed by atoms with van der Waals surface area (Å²) >= 11 is 1.57. The lowest BCUT2D eigenvalue weighted by Crippen LogP contribution is -2.20. The molecule has 0 radical (unpaired) electrons. The normalized spacial score (nSPS) is 12.4. The molecule has 5 nitrogen and oxygen atoms in total. The molecule has 0 aliphatic rings. The third-order valence-corrected chi connectivity index (χ3v) is 5.39. The molecule has 7 heteroatoms. The van der Waals surface area contributed by atoms with Crippen molar-refractivity contribution in [3.63, 3.8) is 0 Å². The van der Waals surface area contributed by atoms with E-state index >= 15 is 0 Å². The standard InChI is InChI=1S/C21H25FN4OS/c1-15-5-11-19(12-6-15)27-13-14-28-21-24-23-20(16(2)25(3)4)26(21)18-9-7-17(22)8-10-18/h5-12,16H,13-14H2,1-4H3/t16-/m0/s1. The van der Waals surface area contributed by atoms with Crippen LogP contribution >= 0.6 is 11.8 Å². The minimum absolute atomic E-state index is 0.0655. The first-order valence-corrected chi connectivity index (χ1v) is 10.1. The van der Waals surface area contributed by atoms with E-state index < -0.39 is 0 Å². The molecule has 0 aliphatic carbocycles. The Hall–Kier alpha value is -2.38. The molecule has 148 valence electrons. The first-order valence-electron chi connectivity index (χ1n) is 9.15. The Kier molecular flexibility index (Phi) is 6.70. The lowest BCUT2D eigenvalue weighted by Gasteiger charge is -2.20. The molecule has 0 spiro atoms. The third-order valence-electron chi connectivity index (χ3n) is 4.50. The summed E-state index contributed by atoms with van der Waals surface area (Å²) in [6, 6.07) is 14.5. The monoisotopic (exact) mass is 400 g/mol. The van der Waals surface area contributed by atoms with Crippen molar-refractivity contribution in [2.24, 2.45) is 0 Å². The van der Waals surface area contributed by atoms with Gasteiger partial charge >= 0.3 is 0 Å². The first kappa shape index (κ1) is 20.4. The summed E-state index contributed by atoms with van der Waals surface area (Å²) in [5, 5.41) is 9.54. The van der Waals surface area contributed by atoms with Crippen molar-refractivity contribution >= 4 is 11.8 Å². The van der Waals surface area contributed by atoms with Crippen molar-refractivity contribution in [2.45, 2.75) is 25.0 Å². The highest BCUT2D eigenvalue weighted by Crippen LogP contribution is 2.27. The van der Waals surface area contributed by atoms with Crippen LogP contribution in [0.25, 0.3) is 5.69 Å². The minimum atomic E-state index is -0.264. The van der Waals surface area contributed by atoms with Gasteiger partial charge in [0.05, 0.1) is 12.6 Å². The van der Waals surface area contributed by atoms with Crippen molar-refractivity contribution in [1.29, 1.82) is 0 Å². The van der Waals surface area contributed by atoms with E-state index in [0.29, 0.717) is 6.61 Å². The number of benzene rings is 2. The van der Waals surface area contributed by atoms with Crippen LogP contribution in [-0.4, -0.2) is 46.1 Å². The van der Waals surface area contributed by atoms with Gasteiger partial charge in [-0.1, -0.05) is 29.5 Å². The molecule has 3 rings (SSSR count). The Morgan fingerprint density at radius 1 is 1.07 bits per heavy atom. The summed E-state index contributed by atoms with van der Waals surface area (Å²) in [5.74, 6) is 2.13. The summed E-state index contributed by atoms with van der Waals surface area (Å²) in [6.07, 6.45) is 0. The number of rotatable bonds is 8. The van der Waals surface area contributed by atoms with E-state index in [2.05, 4.69) is 22.0 Å². The van der Waals surface area contributed by atoms with Crippen LogP contribution < -0.4 is 4.74 Å². The minimum Gasteiger partial charge on any atom is -0.493 e. The molecule has 0 fully saturated rings. The highest BCUT2D eigenvalue weighted by atomic mass is 32.2. The lowest BCUT2D eigenvalue weighted by atomic mass is 10.2. The Bertz CT molecular complexity index is 894. The zero-order valence-corrected chi connectivity index (χ0v) is 17.4. The number of nitrogens with zero attached hydrogens (tertiary/aromatic N) is 4. The largest absolute Gasteiger partial charge is 0.493 e. The lowest BCUT2D eigenvalue weighted by molar-refractivity contribution is 0.305. The van der Waals surface area contributed by atoms with E-state index in [9.17, 15) is 4.39 Å². The molecule has 0 N–H and O–H groups in total. The summed E-state index contributed by atoms with van der Waals surface area (Å²) in [6.45, 7) is 4.68. The van der Waals surface area contributed by atoms with Gasteiger partial charge in [-0.25, -0.2) is 4.39 Å². The Morgan fingerprint density at radius 2 is 1.75 bits per heavy atom. The molecule has 3 aromatic rings. The van der Waals surface area contributed by atoms with Crippen molar-refractivity contribution in [2.75, 3.05) is 26.5 Å². The first-order chi connectivity index (χ1) is 13.5. The third kappa shape index (κ3) is 4.91. The van der Waals surface area contributed by atoms with Crippen molar-refractivity contribution in [3.05, 3.63) is 65.7 Å². The van der Waals surface area contributed by atoms with Crippen LogP contribution in [0.4, 0.5) is 4.39 Å². The Labute approximate surface area is 169 Å². The van der Waals surface area contributed by atoms with Gasteiger partial charge in [-0.3, -0.25) is 9.47 Å². The van der Waals surface area contributed by atoms with E-state index in [0.717, 1.165) is 28.2 Å². The van der Waals surface area contributed by atoms with Crippen LogP contribution in [0.5, 0.6) is 5.75 Å². The maximum absolute atomic E-state index is 13.4. The number of halogens is 1. The molecule has 0 saturated heterocycles. The molecule has 0 aliphatic heterocycles. The highest BCUT2D eigenvalue weighted by Gasteiger charge is 2.20. The van der Waals surface area contributed by atoms with Crippen LogP contribution in [0.1, 0.15) is 24.4 Å². The van der Waals surface area contributed by atoms with Crippen LogP contribution in [-0.2, 0) is 0 Å². The van der Waals surface area contributed by atoms with E-state index in [1.807, 2.05) is 49.9 Å². The fourth-order valence-corrected chi connectivity index (χ4v) is 3.41. The van der Waals surface area contributed by atoms with Crippen LogP contribution in [0, 0.1) is 12.7 Å². The Morgan fingerprint density at radius 3 is 2.39 bits per heavy atom. The molecule has 1 aromatic heterocycles. The smallest absolute Gasteiger partial charge is 0.196 e. The molecule has 1 heterocycles. The van der Waals surface area contributed by atoms with Gasteiger partial charge in [-0.05, 0) is 64.3 Å². The van der Waals surface area contributed by atoms with Gasteiger partial charge in [-0.2, -0.15) is 0 Å². The molecule has 0 amide bonds. The molecule has 0 saturated carbocycles. The second kappa shape index (κ2) is 9.21. The van der Waals surface area contributed by atoms with Crippen molar-refractivity contribution < 1.29 is 9.13 Å². The van der Waals surface area contributed by atoms with Crippen LogP contribution in [0.2, 0.25) is 0 Å². The fourth-order valence-electron chi connectivity index (χ4n) is 2.64. The predicted octanol–water partition coefficient (Wildman–Crippen LogP) is 4.51. The number of aryl methyl sites for hydroxylation is 1. The van der Waals surface area contributed by atoms with Gasteiger partial charge in [0, 0.05) is 11.4 Å². The summed E-state index contributed by atoms with van der Waals surface area (Å²) in [5.41, 5.74) is 2.05. The summed E-state index contributed by atoms with van der Waals surface area (Å²) in [4.78, 5) is 2.07. The highest BCUT2D eigenvalue weighted by molar-refractivity contribution is 7.99. The number of thioether (sulfide) groups is 1. The average molecular weight is 401 g/mol. The van der Waals surface area contributed by atoms with Gasteiger partial charge in [0.15, 0.2) is 11.0 Å². The number of hydrogen-bond acceptors (Lipinski definition) is 5.